The van der Waals surface area contributed by atoms with E-state index in [1.807, 2.05) is 25.1 Å². The van der Waals surface area contributed by atoms with Crippen LogP contribution in [0.15, 0.2) is 27.1 Å². The maximum absolute atomic E-state index is 12.2. The number of hydrogen-bond acceptors (Lipinski definition) is 2. The van der Waals surface area contributed by atoms with Gasteiger partial charge in [0.15, 0.2) is 0 Å². The fourth-order valence-electron chi connectivity index (χ4n) is 2.07. The third-order valence-electron chi connectivity index (χ3n) is 3.00. The first-order valence-corrected chi connectivity index (χ1v) is 7.52. The number of halogens is 2. The van der Waals surface area contributed by atoms with Gasteiger partial charge in [0.05, 0.1) is 11.7 Å². The largest absolute Gasteiger partial charge is 0.378 e. The number of hydrogen-bond donors (Lipinski definition) is 1. The average molecular weight is 377 g/mol. The molecule has 1 aromatic carbocycles. The smallest absolute Gasteiger partial charge is 0.252 e. The van der Waals surface area contributed by atoms with E-state index in [9.17, 15) is 4.79 Å². The van der Waals surface area contributed by atoms with Crippen LogP contribution in [0.25, 0.3) is 0 Å². The van der Waals surface area contributed by atoms with Crippen LogP contribution in [-0.4, -0.2) is 24.7 Å². The zero-order valence-corrected chi connectivity index (χ0v) is 13.3. The molecule has 2 atom stereocenters. The van der Waals surface area contributed by atoms with E-state index in [1.165, 1.54) is 0 Å². The Morgan fingerprint density at radius 3 is 2.89 bits per heavy atom. The predicted molar refractivity (Wildman–Crippen MR) is 77.7 cm³/mol. The van der Waals surface area contributed by atoms with Gasteiger partial charge in [0.25, 0.3) is 5.91 Å². The normalized spacial score (nSPS) is 23.7. The van der Waals surface area contributed by atoms with Gasteiger partial charge in [-0.05, 0) is 53.9 Å². The molecule has 0 spiro atoms. The van der Waals surface area contributed by atoms with E-state index in [-0.39, 0.29) is 18.1 Å². The fraction of sp³-hybridized carbons (Fsp3) is 0.462. The molecule has 1 heterocycles. The molecule has 1 aromatic rings. The monoisotopic (exact) mass is 375 g/mol. The highest BCUT2D eigenvalue weighted by atomic mass is 79.9. The summed E-state index contributed by atoms with van der Waals surface area (Å²) in [5.74, 6) is -0.0338. The van der Waals surface area contributed by atoms with Gasteiger partial charge in [0.1, 0.15) is 0 Å². The van der Waals surface area contributed by atoms with Gasteiger partial charge in [0.2, 0.25) is 0 Å². The van der Waals surface area contributed by atoms with Gasteiger partial charge in [-0.15, -0.1) is 0 Å². The molecule has 1 aliphatic rings. The van der Waals surface area contributed by atoms with Crippen molar-refractivity contribution in [1.82, 2.24) is 5.32 Å². The summed E-state index contributed by atoms with van der Waals surface area (Å²) in [5.41, 5.74) is 0.664. The molecule has 0 radical (unpaired) electrons. The lowest BCUT2D eigenvalue weighted by Crippen LogP contribution is -2.41. The molecule has 5 heteroatoms. The first-order valence-electron chi connectivity index (χ1n) is 5.94. The van der Waals surface area contributed by atoms with Crippen molar-refractivity contribution in [3.8, 4) is 0 Å². The molecule has 1 N–H and O–H groups in total. The summed E-state index contributed by atoms with van der Waals surface area (Å²) >= 11 is 6.78. The predicted octanol–water partition coefficient (Wildman–Crippen LogP) is 3.51. The van der Waals surface area contributed by atoms with E-state index >= 15 is 0 Å². The molecule has 2 unspecified atom stereocenters. The van der Waals surface area contributed by atoms with Crippen LogP contribution in [0, 0.1) is 0 Å². The first-order chi connectivity index (χ1) is 8.56. The molecule has 0 saturated carbocycles. The van der Waals surface area contributed by atoms with Gasteiger partial charge in [-0.2, -0.15) is 0 Å². The van der Waals surface area contributed by atoms with Crippen LogP contribution in [0.5, 0.6) is 0 Å². The zero-order chi connectivity index (χ0) is 13.1. The Hall–Kier alpha value is -0.390. The Kier molecular flexibility index (Phi) is 4.81. The van der Waals surface area contributed by atoms with Crippen LogP contribution in [0.2, 0.25) is 0 Å². The summed E-state index contributed by atoms with van der Waals surface area (Å²) in [6, 6.07) is 5.76. The SMILES string of the molecule is CC1CC(NC(=O)c2ccc(Br)cc2Br)CCO1. The van der Waals surface area contributed by atoms with Gasteiger partial charge in [-0.1, -0.05) is 15.9 Å². The van der Waals surface area contributed by atoms with E-state index in [2.05, 4.69) is 37.2 Å². The Balaban J connectivity index is 2.03. The Bertz CT molecular complexity index is 451. The quantitative estimate of drug-likeness (QED) is 0.857. The zero-order valence-electron chi connectivity index (χ0n) is 10.1. The number of nitrogens with one attached hydrogen (secondary N) is 1. The summed E-state index contributed by atoms with van der Waals surface area (Å²) in [6.07, 6.45) is 1.97. The minimum Gasteiger partial charge on any atom is -0.378 e. The van der Waals surface area contributed by atoms with Gasteiger partial charge < -0.3 is 10.1 Å². The maximum Gasteiger partial charge on any atom is 0.252 e. The van der Waals surface area contributed by atoms with E-state index in [4.69, 9.17) is 4.74 Å². The molecule has 1 aliphatic heterocycles. The van der Waals surface area contributed by atoms with Crippen molar-refractivity contribution in [3.63, 3.8) is 0 Å². The van der Waals surface area contributed by atoms with Crippen molar-refractivity contribution in [2.75, 3.05) is 6.61 Å². The third kappa shape index (κ3) is 3.56. The Morgan fingerprint density at radius 1 is 1.44 bits per heavy atom. The van der Waals surface area contributed by atoms with Crippen molar-refractivity contribution in [2.45, 2.75) is 31.9 Å². The molecule has 0 bridgehead atoms. The highest BCUT2D eigenvalue weighted by molar-refractivity contribution is 9.11. The maximum atomic E-state index is 12.2. The van der Waals surface area contributed by atoms with Gasteiger partial charge in [-0.3, -0.25) is 4.79 Å². The molecule has 98 valence electrons. The highest BCUT2D eigenvalue weighted by Gasteiger charge is 2.22. The summed E-state index contributed by atoms with van der Waals surface area (Å²) < 4.78 is 7.22. The lowest BCUT2D eigenvalue weighted by Gasteiger charge is -2.28. The number of carbonyl (C=O) groups excluding carboxylic acids is 1. The Morgan fingerprint density at radius 2 is 2.22 bits per heavy atom. The second-order valence-corrected chi connectivity index (χ2v) is 6.27. The molecular formula is C13H15Br2NO2. The van der Waals surface area contributed by atoms with Crippen LogP contribution in [0.4, 0.5) is 0 Å². The van der Waals surface area contributed by atoms with Crippen LogP contribution >= 0.6 is 31.9 Å². The van der Waals surface area contributed by atoms with Crippen LogP contribution in [0.3, 0.4) is 0 Å². The average Bonchev–Trinajstić information content (AvgIpc) is 2.28. The molecule has 0 aliphatic carbocycles. The number of rotatable bonds is 2. The van der Waals surface area contributed by atoms with Crippen molar-refractivity contribution < 1.29 is 9.53 Å². The van der Waals surface area contributed by atoms with Crippen molar-refractivity contribution in [1.29, 1.82) is 0 Å². The lowest BCUT2D eigenvalue weighted by atomic mass is 10.0. The second kappa shape index (κ2) is 6.17. The van der Waals surface area contributed by atoms with Gasteiger partial charge >= 0.3 is 0 Å². The second-order valence-electron chi connectivity index (χ2n) is 4.50. The molecule has 1 saturated heterocycles. The molecule has 0 aromatic heterocycles. The molecule has 1 amide bonds. The molecule has 1 fully saturated rings. The van der Waals surface area contributed by atoms with Crippen LogP contribution < -0.4 is 5.32 Å². The lowest BCUT2D eigenvalue weighted by molar-refractivity contribution is 0.0136. The summed E-state index contributed by atoms with van der Waals surface area (Å²) in [4.78, 5) is 12.2. The van der Waals surface area contributed by atoms with Crippen molar-refractivity contribution >= 4 is 37.8 Å². The van der Waals surface area contributed by atoms with Gasteiger partial charge in [0, 0.05) is 21.6 Å². The summed E-state index contributed by atoms with van der Waals surface area (Å²) in [5, 5.41) is 3.06. The van der Waals surface area contributed by atoms with Gasteiger partial charge in [-0.25, -0.2) is 0 Å². The number of benzene rings is 1. The molecular weight excluding hydrogens is 362 g/mol. The van der Waals surface area contributed by atoms with E-state index in [1.54, 1.807) is 0 Å². The van der Waals surface area contributed by atoms with Crippen molar-refractivity contribution in [2.24, 2.45) is 0 Å². The molecule has 2 rings (SSSR count). The van der Waals surface area contributed by atoms with E-state index in [0.717, 1.165) is 21.8 Å². The van der Waals surface area contributed by atoms with Crippen LogP contribution in [-0.2, 0) is 4.74 Å². The highest BCUT2D eigenvalue weighted by Crippen LogP contribution is 2.22. The molecule has 18 heavy (non-hydrogen) atoms. The molecule has 3 nitrogen and oxygen atoms in total. The number of amides is 1. The summed E-state index contributed by atoms with van der Waals surface area (Å²) in [6.45, 7) is 2.75. The standard InChI is InChI=1S/C13H15Br2NO2/c1-8-6-10(4-5-18-8)16-13(17)11-3-2-9(14)7-12(11)15/h2-3,7-8,10H,4-6H2,1H3,(H,16,17). The minimum atomic E-state index is -0.0338. The topological polar surface area (TPSA) is 38.3 Å². The Labute approximate surface area is 124 Å². The van der Waals surface area contributed by atoms with E-state index in [0.29, 0.717) is 12.2 Å². The number of ether oxygens (including phenoxy) is 1. The van der Waals surface area contributed by atoms with E-state index < -0.39 is 0 Å². The third-order valence-corrected chi connectivity index (χ3v) is 4.15. The fourth-order valence-corrected chi connectivity index (χ4v) is 3.29. The van der Waals surface area contributed by atoms with Crippen LogP contribution in [0.1, 0.15) is 30.1 Å². The summed E-state index contributed by atoms with van der Waals surface area (Å²) in [7, 11) is 0. The number of carbonyl (C=O) groups is 1. The van der Waals surface area contributed by atoms with Crippen molar-refractivity contribution in [3.05, 3.63) is 32.7 Å². The first kappa shape index (κ1) is 14.0. The minimum absolute atomic E-state index is 0.0338.